The second kappa shape index (κ2) is 8.61. The number of rotatable bonds is 4. The first kappa shape index (κ1) is 20.5. The molecule has 5 nitrogen and oxygen atoms in total. The third kappa shape index (κ3) is 3.92. The van der Waals surface area contributed by atoms with Crippen LogP contribution in [0.15, 0.2) is 101 Å². The summed E-state index contributed by atoms with van der Waals surface area (Å²) in [7, 11) is 0. The predicted molar refractivity (Wildman–Crippen MR) is 132 cm³/mol. The normalized spacial score (nSPS) is 15.0. The average molecular weight is 502 g/mol. The third-order valence-electron chi connectivity index (χ3n) is 4.98. The van der Waals surface area contributed by atoms with E-state index in [0.717, 1.165) is 38.7 Å². The Labute approximate surface area is 197 Å². The number of hydrogen-bond donors (Lipinski definition) is 0. The zero-order valence-corrected chi connectivity index (χ0v) is 19.1. The van der Waals surface area contributed by atoms with E-state index in [1.807, 2.05) is 66.9 Å². The van der Waals surface area contributed by atoms with E-state index in [0.29, 0.717) is 10.6 Å². The van der Waals surface area contributed by atoms with Crippen molar-refractivity contribution in [2.45, 2.75) is 0 Å². The summed E-state index contributed by atoms with van der Waals surface area (Å²) < 4.78 is 2.75. The van der Waals surface area contributed by atoms with Gasteiger partial charge in [-0.15, -0.1) is 0 Å². The Balaban J connectivity index is 1.59. The topological polar surface area (TPSA) is 55.2 Å². The summed E-state index contributed by atoms with van der Waals surface area (Å²) in [5.74, 6) is -0.333. The van der Waals surface area contributed by atoms with Gasteiger partial charge >= 0.3 is 0 Å². The van der Waals surface area contributed by atoms with Crippen LogP contribution in [0.5, 0.6) is 0 Å². The number of benzene rings is 3. The number of imide groups is 1. The lowest BCUT2D eigenvalue weighted by Crippen LogP contribution is -2.27. The maximum absolute atomic E-state index is 13.1. The lowest BCUT2D eigenvalue weighted by Gasteiger charge is -2.11. The fourth-order valence-electron chi connectivity index (χ4n) is 3.45. The van der Waals surface area contributed by atoms with Crippen molar-refractivity contribution in [1.82, 2.24) is 9.78 Å². The Morgan fingerprint density at radius 2 is 1.44 bits per heavy atom. The summed E-state index contributed by atoms with van der Waals surface area (Å²) in [6.07, 6.45) is 3.63. The van der Waals surface area contributed by atoms with Gasteiger partial charge in [-0.3, -0.25) is 9.59 Å². The average Bonchev–Trinajstić information content (AvgIpc) is 3.36. The van der Waals surface area contributed by atoms with Crippen molar-refractivity contribution >= 4 is 50.6 Å². The molecule has 1 fully saturated rings. The molecule has 7 heteroatoms. The van der Waals surface area contributed by atoms with Crippen LogP contribution in [0.3, 0.4) is 0 Å². The molecule has 0 atom stereocenters. The number of thioether (sulfide) groups is 1. The van der Waals surface area contributed by atoms with E-state index in [-0.39, 0.29) is 11.1 Å². The molecular weight excluding hydrogens is 486 g/mol. The molecule has 1 aromatic heterocycles. The van der Waals surface area contributed by atoms with E-state index in [2.05, 4.69) is 15.9 Å². The monoisotopic (exact) mass is 501 g/mol. The van der Waals surface area contributed by atoms with Crippen LogP contribution < -0.4 is 4.90 Å². The quantitative estimate of drug-likeness (QED) is 0.297. The molecule has 156 valence electrons. The maximum atomic E-state index is 13.1. The molecule has 0 N–H and O–H groups in total. The van der Waals surface area contributed by atoms with E-state index in [4.69, 9.17) is 5.10 Å². The summed E-state index contributed by atoms with van der Waals surface area (Å²) in [6, 6.07) is 26.6. The van der Waals surface area contributed by atoms with Gasteiger partial charge in [0.1, 0.15) is 0 Å². The lowest BCUT2D eigenvalue weighted by molar-refractivity contribution is -0.113. The van der Waals surface area contributed by atoms with Crippen molar-refractivity contribution in [2.75, 3.05) is 4.90 Å². The predicted octanol–water partition coefficient (Wildman–Crippen LogP) is 6.54. The minimum absolute atomic E-state index is 0.312. The molecule has 1 aliphatic heterocycles. The fourth-order valence-corrected chi connectivity index (χ4v) is 4.54. The zero-order chi connectivity index (χ0) is 22.1. The largest absolute Gasteiger partial charge is 0.298 e. The SMILES string of the molecule is O=C1S/C(=C\c2cn(-c3ccccc3)nc2-c2ccc(Br)cc2)C(=O)N1c1ccccc1. The minimum Gasteiger partial charge on any atom is -0.268 e. The van der Waals surface area contributed by atoms with Gasteiger partial charge in [-0.1, -0.05) is 64.5 Å². The third-order valence-corrected chi connectivity index (χ3v) is 6.37. The van der Waals surface area contributed by atoms with Crippen LogP contribution in [0.1, 0.15) is 5.56 Å². The minimum atomic E-state index is -0.333. The van der Waals surface area contributed by atoms with Gasteiger partial charge in [0.05, 0.1) is 22.0 Å². The molecule has 32 heavy (non-hydrogen) atoms. The standard InChI is InChI=1S/C25H16BrN3O2S/c26-19-13-11-17(12-14-19)23-18(16-28(27-23)20-7-3-1-4-8-20)15-22-24(30)29(25(31)32-22)21-9-5-2-6-10-21/h1-16H/b22-15-. The van der Waals surface area contributed by atoms with Crippen LogP contribution >= 0.6 is 27.7 Å². The molecule has 2 amide bonds. The number of aromatic nitrogens is 2. The first-order valence-corrected chi connectivity index (χ1v) is 11.4. The van der Waals surface area contributed by atoms with Crippen LogP contribution in [0.25, 0.3) is 23.0 Å². The number of carbonyl (C=O) groups is 2. The van der Waals surface area contributed by atoms with Crippen molar-refractivity contribution in [2.24, 2.45) is 0 Å². The Morgan fingerprint density at radius 3 is 2.09 bits per heavy atom. The number of para-hydroxylation sites is 2. The van der Waals surface area contributed by atoms with Gasteiger partial charge in [0.15, 0.2) is 0 Å². The van der Waals surface area contributed by atoms with Crippen LogP contribution in [0.2, 0.25) is 0 Å². The molecule has 5 rings (SSSR count). The molecule has 0 aliphatic carbocycles. The molecule has 0 unspecified atom stereocenters. The molecule has 0 saturated carbocycles. The van der Waals surface area contributed by atoms with Gasteiger partial charge in [-0.05, 0) is 54.2 Å². The summed E-state index contributed by atoms with van der Waals surface area (Å²) in [6.45, 7) is 0. The summed E-state index contributed by atoms with van der Waals surface area (Å²) >= 11 is 4.40. The van der Waals surface area contributed by atoms with E-state index < -0.39 is 0 Å². The highest BCUT2D eigenvalue weighted by Gasteiger charge is 2.36. The Kier molecular flexibility index (Phi) is 5.51. The summed E-state index contributed by atoms with van der Waals surface area (Å²) in [5, 5.41) is 4.47. The first-order chi connectivity index (χ1) is 15.6. The van der Waals surface area contributed by atoms with Gasteiger partial charge in [0.25, 0.3) is 11.1 Å². The number of amides is 2. The summed E-state index contributed by atoms with van der Waals surface area (Å²) in [4.78, 5) is 27.2. The number of nitrogens with zero attached hydrogens (tertiary/aromatic N) is 3. The Morgan fingerprint density at radius 1 is 0.812 bits per heavy atom. The molecule has 3 aromatic carbocycles. The lowest BCUT2D eigenvalue weighted by atomic mass is 10.1. The number of anilines is 1. The van der Waals surface area contributed by atoms with Crippen molar-refractivity contribution < 1.29 is 9.59 Å². The van der Waals surface area contributed by atoms with Gasteiger partial charge in [-0.2, -0.15) is 5.10 Å². The molecule has 1 aliphatic rings. The first-order valence-electron chi connectivity index (χ1n) is 9.84. The van der Waals surface area contributed by atoms with E-state index in [1.165, 1.54) is 4.90 Å². The van der Waals surface area contributed by atoms with Crippen LogP contribution in [-0.2, 0) is 4.79 Å². The fraction of sp³-hybridized carbons (Fsp3) is 0. The molecular formula is C25H16BrN3O2S. The van der Waals surface area contributed by atoms with E-state index in [9.17, 15) is 9.59 Å². The molecule has 4 aromatic rings. The molecule has 0 bridgehead atoms. The van der Waals surface area contributed by atoms with Crippen molar-refractivity contribution in [3.8, 4) is 16.9 Å². The second-order valence-corrected chi connectivity index (χ2v) is 8.98. The van der Waals surface area contributed by atoms with Crippen LogP contribution in [0, 0.1) is 0 Å². The van der Waals surface area contributed by atoms with Crippen molar-refractivity contribution in [1.29, 1.82) is 0 Å². The molecule has 2 heterocycles. The van der Waals surface area contributed by atoms with Gasteiger partial charge < -0.3 is 0 Å². The number of hydrogen-bond acceptors (Lipinski definition) is 4. The van der Waals surface area contributed by atoms with Gasteiger partial charge in [0.2, 0.25) is 0 Å². The molecule has 0 spiro atoms. The summed E-state index contributed by atoms with van der Waals surface area (Å²) in [5.41, 5.74) is 3.87. The van der Waals surface area contributed by atoms with Crippen LogP contribution in [-0.4, -0.2) is 20.9 Å². The molecule has 1 saturated heterocycles. The van der Waals surface area contributed by atoms with Crippen LogP contribution in [0.4, 0.5) is 10.5 Å². The second-order valence-electron chi connectivity index (χ2n) is 7.07. The number of carbonyl (C=O) groups excluding carboxylic acids is 2. The van der Waals surface area contributed by atoms with E-state index in [1.54, 1.807) is 35.0 Å². The maximum Gasteiger partial charge on any atom is 0.298 e. The number of halogens is 1. The van der Waals surface area contributed by atoms with E-state index >= 15 is 0 Å². The molecule has 0 radical (unpaired) electrons. The smallest absolute Gasteiger partial charge is 0.268 e. The highest BCUT2D eigenvalue weighted by Crippen LogP contribution is 2.37. The van der Waals surface area contributed by atoms with Crippen molar-refractivity contribution in [3.63, 3.8) is 0 Å². The Hall–Kier alpha value is -3.42. The highest BCUT2D eigenvalue weighted by molar-refractivity contribution is 9.10. The van der Waals surface area contributed by atoms with Gasteiger partial charge in [0, 0.05) is 21.8 Å². The zero-order valence-electron chi connectivity index (χ0n) is 16.7. The highest BCUT2D eigenvalue weighted by atomic mass is 79.9. The van der Waals surface area contributed by atoms with Gasteiger partial charge in [-0.25, -0.2) is 9.58 Å². The Bertz CT molecular complexity index is 1330. The van der Waals surface area contributed by atoms with Crippen molar-refractivity contribution in [3.05, 3.63) is 106 Å².